The molecule has 0 spiro atoms. The van der Waals surface area contributed by atoms with E-state index in [2.05, 4.69) is 15.6 Å². The van der Waals surface area contributed by atoms with Crippen molar-refractivity contribution in [3.8, 4) is 0 Å². The number of aromatic nitrogens is 1. The van der Waals surface area contributed by atoms with Gasteiger partial charge in [0.2, 0.25) is 0 Å². The van der Waals surface area contributed by atoms with Gasteiger partial charge in [0.05, 0.1) is 16.8 Å². The number of anilines is 1. The van der Waals surface area contributed by atoms with Crippen molar-refractivity contribution in [1.82, 2.24) is 10.3 Å². The van der Waals surface area contributed by atoms with E-state index in [-0.39, 0.29) is 6.54 Å². The average molecular weight is 351 g/mol. The summed E-state index contributed by atoms with van der Waals surface area (Å²) in [6, 6.07) is 1.81. The molecule has 0 aliphatic carbocycles. The van der Waals surface area contributed by atoms with E-state index in [0.29, 0.717) is 5.82 Å². The summed E-state index contributed by atoms with van der Waals surface area (Å²) in [5.41, 5.74) is 0.0505. The summed E-state index contributed by atoms with van der Waals surface area (Å²) in [7, 11) is -0.491. The number of aryl methyl sites for hydroxylation is 1. The van der Waals surface area contributed by atoms with Gasteiger partial charge in [-0.25, -0.2) is 4.98 Å². The molecule has 1 atom stereocenters. The third kappa shape index (κ3) is 4.92. The number of rotatable bonds is 6. The quantitative estimate of drug-likeness (QED) is 0.443. The highest BCUT2D eigenvalue weighted by Gasteiger charge is 2.52. The Hall–Kier alpha value is -1.19. The van der Waals surface area contributed by atoms with Crippen LogP contribution in [0.25, 0.3) is 0 Å². The first-order valence-corrected chi connectivity index (χ1v) is 8.53. The summed E-state index contributed by atoms with van der Waals surface area (Å²) in [5, 5.41) is 25.4. The molecule has 1 aliphatic heterocycles. The molecule has 2 rings (SSSR count). The van der Waals surface area contributed by atoms with Crippen LogP contribution in [0.15, 0.2) is 12.3 Å². The fraction of sp³-hybridized carbons (Fsp3) is 0.706. The zero-order valence-electron chi connectivity index (χ0n) is 16.2. The molecule has 0 aromatic carbocycles. The van der Waals surface area contributed by atoms with E-state index >= 15 is 0 Å². The number of aliphatic hydroxyl groups excluding tert-OH is 1. The SMILES string of the molecule is Cc1cnc(NC(O)NCC(C)(C)O)cc1B1OC(C)(C)C(C)(C)O1. The summed E-state index contributed by atoms with van der Waals surface area (Å²) in [6.07, 6.45) is 0.679. The van der Waals surface area contributed by atoms with Gasteiger partial charge in [-0.1, -0.05) is 0 Å². The van der Waals surface area contributed by atoms with Gasteiger partial charge in [-0.3, -0.25) is 5.32 Å². The number of hydrogen-bond donors (Lipinski definition) is 4. The maximum Gasteiger partial charge on any atom is 0.495 e. The van der Waals surface area contributed by atoms with Crippen molar-refractivity contribution in [2.24, 2.45) is 0 Å². The molecule has 1 fully saturated rings. The fourth-order valence-electron chi connectivity index (χ4n) is 2.38. The van der Waals surface area contributed by atoms with Crippen LogP contribution < -0.4 is 16.1 Å². The third-order valence-electron chi connectivity index (χ3n) is 4.66. The molecule has 25 heavy (non-hydrogen) atoms. The normalized spacial score (nSPS) is 20.6. The number of pyridine rings is 1. The predicted octanol–water partition coefficient (Wildman–Crippen LogP) is 0.738. The lowest BCUT2D eigenvalue weighted by atomic mass is 9.77. The van der Waals surface area contributed by atoms with Gasteiger partial charge >= 0.3 is 7.12 Å². The van der Waals surface area contributed by atoms with Crippen molar-refractivity contribution >= 4 is 18.4 Å². The maximum atomic E-state index is 10.0. The lowest BCUT2D eigenvalue weighted by molar-refractivity contribution is 0.00578. The first kappa shape index (κ1) is 20.1. The maximum absolute atomic E-state index is 10.0. The summed E-state index contributed by atoms with van der Waals surface area (Å²) >= 11 is 0. The Morgan fingerprint density at radius 3 is 2.32 bits per heavy atom. The molecule has 1 aromatic rings. The van der Waals surface area contributed by atoms with Gasteiger partial charge in [-0.05, 0) is 65.6 Å². The van der Waals surface area contributed by atoms with Crippen molar-refractivity contribution in [1.29, 1.82) is 0 Å². The molecule has 4 N–H and O–H groups in total. The van der Waals surface area contributed by atoms with Gasteiger partial charge in [-0.15, -0.1) is 0 Å². The van der Waals surface area contributed by atoms with Crippen LogP contribution in [0, 0.1) is 6.92 Å². The van der Waals surface area contributed by atoms with E-state index in [0.717, 1.165) is 11.0 Å². The summed E-state index contributed by atoms with van der Waals surface area (Å²) in [4.78, 5) is 4.28. The molecule has 0 bridgehead atoms. The zero-order valence-corrected chi connectivity index (χ0v) is 16.2. The van der Waals surface area contributed by atoms with Crippen LogP contribution >= 0.6 is 0 Å². The number of hydrogen-bond acceptors (Lipinski definition) is 7. The van der Waals surface area contributed by atoms with Crippen LogP contribution in [0.5, 0.6) is 0 Å². The topological polar surface area (TPSA) is 95.9 Å². The molecule has 1 aliphatic rings. The van der Waals surface area contributed by atoms with Gasteiger partial charge in [-0.2, -0.15) is 0 Å². The molecule has 1 unspecified atom stereocenters. The number of nitrogens with zero attached hydrogens (tertiary/aromatic N) is 1. The number of aliphatic hydroxyl groups is 2. The van der Waals surface area contributed by atoms with Gasteiger partial charge < -0.3 is 24.8 Å². The van der Waals surface area contributed by atoms with Crippen molar-refractivity contribution < 1.29 is 19.5 Å². The van der Waals surface area contributed by atoms with E-state index in [9.17, 15) is 10.2 Å². The molecule has 2 heterocycles. The van der Waals surface area contributed by atoms with E-state index in [1.807, 2.05) is 40.7 Å². The van der Waals surface area contributed by atoms with Crippen LogP contribution in [0.1, 0.15) is 47.1 Å². The summed E-state index contributed by atoms with van der Waals surface area (Å²) in [6.45, 7) is 13.5. The van der Waals surface area contributed by atoms with Gasteiger partial charge in [0, 0.05) is 12.7 Å². The Morgan fingerprint density at radius 2 is 1.80 bits per heavy atom. The Morgan fingerprint density at radius 1 is 1.24 bits per heavy atom. The second kappa shape index (κ2) is 6.85. The van der Waals surface area contributed by atoms with Crippen molar-refractivity contribution in [3.05, 3.63) is 17.8 Å². The minimum absolute atomic E-state index is 0.233. The van der Waals surface area contributed by atoms with Crippen LogP contribution in [0.3, 0.4) is 0 Å². The van der Waals surface area contributed by atoms with E-state index in [1.165, 1.54) is 0 Å². The molecule has 0 saturated carbocycles. The Labute approximate surface area is 150 Å². The molecule has 140 valence electrons. The van der Waals surface area contributed by atoms with Gasteiger partial charge in [0.15, 0.2) is 6.35 Å². The van der Waals surface area contributed by atoms with Crippen molar-refractivity contribution in [2.45, 2.75) is 71.6 Å². The van der Waals surface area contributed by atoms with Gasteiger partial charge in [0.25, 0.3) is 0 Å². The zero-order chi connectivity index (χ0) is 19.0. The fourth-order valence-corrected chi connectivity index (χ4v) is 2.38. The predicted molar refractivity (Wildman–Crippen MR) is 98.6 cm³/mol. The minimum Gasteiger partial charge on any atom is -0.399 e. The van der Waals surface area contributed by atoms with Crippen molar-refractivity contribution in [3.63, 3.8) is 0 Å². The van der Waals surface area contributed by atoms with Gasteiger partial charge in [0.1, 0.15) is 5.82 Å². The first-order chi connectivity index (χ1) is 11.3. The second-order valence-electron chi connectivity index (χ2n) is 8.25. The Balaban J connectivity index is 2.11. The van der Waals surface area contributed by atoms with Crippen LogP contribution in [0.4, 0.5) is 5.82 Å². The average Bonchev–Trinajstić information content (AvgIpc) is 2.66. The van der Waals surface area contributed by atoms with Crippen LogP contribution in [-0.2, 0) is 9.31 Å². The molecule has 7 nitrogen and oxygen atoms in total. The second-order valence-corrected chi connectivity index (χ2v) is 8.25. The lowest BCUT2D eigenvalue weighted by Crippen LogP contribution is -2.44. The van der Waals surface area contributed by atoms with E-state index in [1.54, 1.807) is 20.0 Å². The number of nitrogens with one attached hydrogen (secondary N) is 2. The lowest BCUT2D eigenvalue weighted by Gasteiger charge is -2.32. The van der Waals surface area contributed by atoms with Crippen LogP contribution in [-0.4, -0.2) is 52.0 Å². The third-order valence-corrected chi connectivity index (χ3v) is 4.66. The minimum atomic E-state index is -1.03. The Bertz CT molecular complexity index is 600. The highest BCUT2D eigenvalue weighted by atomic mass is 16.7. The summed E-state index contributed by atoms with van der Waals surface area (Å²) in [5.74, 6) is 0.492. The van der Waals surface area contributed by atoms with E-state index < -0.39 is 30.3 Å². The summed E-state index contributed by atoms with van der Waals surface area (Å²) < 4.78 is 12.2. The molecule has 0 amide bonds. The molecule has 1 saturated heterocycles. The van der Waals surface area contributed by atoms with Crippen LogP contribution in [0.2, 0.25) is 0 Å². The highest BCUT2D eigenvalue weighted by molar-refractivity contribution is 6.62. The monoisotopic (exact) mass is 351 g/mol. The first-order valence-electron chi connectivity index (χ1n) is 8.53. The molecular weight excluding hydrogens is 321 g/mol. The molecule has 0 radical (unpaired) electrons. The smallest absolute Gasteiger partial charge is 0.399 e. The molecule has 8 heteroatoms. The molecule has 1 aromatic heterocycles. The highest BCUT2D eigenvalue weighted by Crippen LogP contribution is 2.36. The van der Waals surface area contributed by atoms with Crippen molar-refractivity contribution in [2.75, 3.05) is 11.9 Å². The molecular formula is C17H30BN3O4. The van der Waals surface area contributed by atoms with E-state index in [4.69, 9.17) is 9.31 Å². The standard InChI is InChI=1S/C17H30BN3O4/c1-11-9-19-13(21-14(22)20-10-15(2,3)23)8-12(11)18-24-16(4,5)17(6,7)25-18/h8-9,14,20,22-23H,10H2,1-7H3,(H,19,21). The largest absolute Gasteiger partial charge is 0.495 e. The Kier molecular flexibility index (Phi) is 5.52.